The van der Waals surface area contributed by atoms with E-state index in [1.54, 1.807) is 18.2 Å². The summed E-state index contributed by atoms with van der Waals surface area (Å²) in [5.74, 6) is -0.786. The second kappa shape index (κ2) is 11.1. The zero-order valence-corrected chi connectivity index (χ0v) is 22.7. The molecule has 5 aromatic rings. The predicted octanol–water partition coefficient (Wildman–Crippen LogP) is 6.49. The number of methoxy groups -OCH3 is 2. The van der Waals surface area contributed by atoms with Crippen molar-refractivity contribution in [3.8, 4) is 28.7 Å². The van der Waals surface area contributed by atoms with Gasteiger partial charge in [-0.3, -0.25) is 19.1 Å². The molecule has 0 aliphatic rings. The van der Waals surface area contributed by atoms with Crippen LogP contribution in [0.2, 0.25) is 0 Å². The van der Waals surface area contributed by atoms with Gasteiger partial charge in [-0.25, -0.2) is 8.78 Å². The van der Waals surface area contributed by atoms with Crippen molar-refractivity contribution in [2.75, 3.05) is 19.5 Å². The minimum absolute atomic E-state index is 0.0959. The highest BCUT2D eigenvalue weighted by atomic mass is 79.9. The standard InChI is InChI=1S/C29H20BrF2N3O5/c1-38-26-13-20-23(14-27(26)39-2)33-10-9-24(20)40-25-8-5-18(12-22(25)32)34-28(36)21-11-16(30)15-35(29(21)37)19-6-3-17(31)4-7-19/h3-15H,1-2H3,(H,34,36). The van der Waals surface area contributed by atoms with Gasteiger partial charge < -0.3 is 19.5 Å². The summed E-state index contributed by atoms with van der Waals surface area (Å²) in [6.07, 6.45) is 2.99. The second-order valence-corrected chi connectivity index (χ2v) is 9.37. The Kier molecular flexibility index (Phi) is 7.47. The number of ether oxygens (including phenoxy) is 3. The fraction of sp³-hybridized carbons (Fsp3) is 0.0690. The topological polar surface area (TPSA) is 91.7 Å². The van der Waals surface area contributed by atoms with Crippen LogP contribution in [0.25, 0.3) is 16.6 Å². The van der Waals surface area contributed by atoms with Crippen LogP contribution in [0.5, 0.6) is 23.0 Å². The van der Waals surface area contributed by atoms with E-state index in [-0.39, 0.29) is 17.0 Å². The summed E-state index contributed by atoms with van der Waals surface area (Å²) in [7, 11) is 3.01. The number of halogens is 3. The molecular formula is C29H20BrF2N3O5. The number of anilines is 1. The molecule has 2 aromatic heterocycles. The number of carbonyl (C=O) groups excluding carboxylic acids is 1. The largest absolute Gasteiger partial charge is 0.493 e. The highest BCUT2D eigenvalue weighted by Crippen LogP contribution is 2.37. The molecule has 0 atom stereocenters. The van der Waals surface area contributed by atoms with Gasteiger partial charge in [0.15, 0.2) is 23.1 Å². The molecule has 5 rings (SSSR count). The molecule has 0 spiro atoms. The van der Waals surface area contributed by atoms with Gasteiger partial charge in [-0.15, -0.1) is 0 Å². The van der Waals surface area contributed by atoms with Gasteiger partial charge in [0.25, 0.3) is 11.5 Å². The fourth-order valence-electron chi connectivity index (χ4n) is 4.02. The SMILES string of the molecule is COc1cc2nccc(Oc3ccc(NC(=O)c4cc(Br)cn(-c5ccc(F)cc5)c4=O)cc3F)c2cc1OC. The van der Waals surface area contributed by atoms with Gasteiger partial charge in [0.1, 0.15) is 17.1 Å². The lowest BCUT2D eigenvalue weighted by Gasteiger charge is -2.13. The summed E-state index contributed by atoms with van der Waals surface area (Å²) >= 11 is 3.29. The number of fused-ring (bicyclic) bond motifs is 1. The summed E-state index contributed by atoms with van der Waals surface area (Å²) < 4.78 is 46.5. The Hall–Kier alpha value is -4.77. The van der Waals surface area contributed by atoms with Crippen LogP contribution in [0.4, 0.5) is 14.5 Å². The van der Waals surface area contributed by atoms with Crippen molar-refractivity contribution in [2.45, 2.75) is 0 Å². The molecule has 0 unspecified atom stereocenters. The van der Waals surface area contributed by atoms with Crippen LogP contribution < -0.4 is 25.1 Å². The summed E-state index contributed by atoms with van der Waals surface area (Å²) in [6.45, 7) is 0. The van der Waals surface area contributed by atoms with Gasteiger partial charge in [-0.05, 0) is 70.5 Å². The Labute approximate surface area is 234 Å². The first-order valence-corrected chi connectivity index (χ1v) is 12.5. The van der Waals surface area contributed by atoms with E-state index >= 15 is 4.39 Å². The van der Waals surface area contributed by atoms with Crippen LogP contribution in [0.3, 0.4) is 0 Å². The summed E-state index contributed by atoms with van der Waals surface area (Å²) in [6, 6.07) is 15.4. The van der Waals surface area contributed by atoms with Crippen molar-refractivity contribution in [2.24, 2.45) is 0 Å². The highest BCUT2D eigenvalue weighted by Gasteiger charge is 2.17. The molecule has 0 bridgehead atoms. The van der Waals surface area contributed by atoms with Gasteiger partial charge in [-0.1, -0.05) is 0 Å². The lowest BCUT2D eigenvalue weighted by atomic mass is 10.1. The molecule has 0 fully saturated rings. The normalized spacial score (nSPS) is 10.8. The molecule has 202 valence electrons. The second-order valence-electron chi connectivity index (χ2n) is 8.46. The Balaban J connectivity index is 1.40. The third-order valence-electron chi connectivity index (χ3n) is 5.95. The lowest BCUT2D eigenvalue weighted by Crippen LogP contribution is -2.28. The Bertz CT molecular complexity index is 1810. The number of hydrogen-bond donors (Lipinski definition) is 1. The zero-order valence-electron chi connectivity index (χ0n) is 21.1. The van der Waals surface area contributed by atoms with E-state index in [4.69, 9.17) is 14.2 Å². The van der Waals surface area contributed by atoms with E-state index < -0.39 is 23.1 Å². The molecule has 8 nitrogen and oxygen atoms in total. The van der Waals surface area contributed by atoms with E-state index in [2.05, 4.69) is 26.2 Å². The van der Waals surface area contributed by atoms with Crippen molar-refractivity contribution in [3.63, 3.8) is 0 Å². The minimum Gasteiger partial charge on any atom is -0.493 e. The highest BCUT2D eigenvalue weighted by molar-refractivity contribution is 9.10. The molecule has 0 aliphatic heterocycles. The maximum absolute atomic E-state index is 15.1. The molecule has 3 aromatic carbocycles. The number of hydrogen-bond acceptors (Lipinski definition) is 6. The van der Waals surface area contributed by atoms with Crippen LogP contribution in [0, 0.1) is 11.6 Å². The van der Waals surface area contributed by atoms with Crippen molar-refractivity contribution >= 4 is 38.4 Å². The molecule has 1 amide bonds. The van der Waals surface area contributed by atoms with Crippen molar-refractivity contribution in [1.82, 2.24) is 9.55 Å². The third kappa shape index (κ3) is 5.36. The average Bonchev–Trinajstić information content (AvgIpc) is 2.95. The number of amides is 1. The number of benzene rings is 3. The van der Waals surface area contributed by atoms with Crippen LogP contribution in [-0.4, -0.2) is 29.7 Å². The van der Waals surface area contributed by atoms with Crippen molar-refractivity contribution < 1.29 is 27.8 Å². The summed E-state index contributed by atoms with van der Waals surface area (Å²) in [5.41, 5.74) is 0.193. The number of pyridine rings is 2. The Morgan fingerprint density at radius 2 is 1.62 bits per heavy atom. The van der Waals surface area contributed by atoms with Gasteiger partial charge in [0.2, 0.25) is 0 Å². The fourth-order valence-corrected chi connectivity index (χ4v) is 4.45. The quantitative estimate of drug-likeness (QED) is 0.227. The Morgan fingerprint density at radius 3 is 2.33 bits per heavy atom. The number of nitrogens with zero attached hydrogens (tertiary/aromatic N) is 2. The molecule has 40 heavy (non-hydrogen) atoms. The van der Waals surface area contributed by atoms with Crippen LogP contribution in [0.15, 0.2) is 88.4 Å². The number of rotatable bonds is 7. The summed E-state index contributed by atoms with van der Waals surface area (Å²) in [5, 5.41) is 3.11. The molecule has 0 aliphatic carbocycles. The van der Waals surface area contributed by atoms with Gasteiger partial charge in [0.05, 0.1) is 19.7 Å². The summed E-state index contributed by atoms with van der Waals surface area (Å²) in [4.78, 5) is 30.3. The molecule has 0 saturated heterocycles. The van der Waals surface area contributed by atoms with Crippen LogP contribution in [0.1, 0.15) is 10.4 Å². The molecule has 11 heteroatoms. The first-order chi connectivity index (χ1) is 19.3. The number of nitrogens with one attached hydrogen (secondary N) is 1. The van der Waals surface area contributed by atoms with E-state index in [0.29, 0.717) is 38.3 Å². The van der Waals surface area contributed by atoms with Crippen LogP contribution >= 0.6 is 15.9 Å². The monoisotopic (exact) mass is 607 g/mol. The Morgan fingerprint density at radius 1 is 0.900 bits per heavy atom. The molecule has 0 saturated carbocycles. The smallest absolute Gasteiger partial charge is 0.268 e. The van der Waals surface area contributed by atoms with E-state index in [1.807, 2.05) is 0 Å². The van der Waals surface area contributed by atoms with E-state index in [9.17, 15) is 14.0 Å². The number of carbonyl (C=O) groups is 1. The average molecular weight is 608 g/mol. The van der Waals surface area contributed by atoms with E-state index in [1.165, 1.54) is 73.6 Å². The number of aromatic nitrogens is 2. The van der Waals surface area contributed by atoms with Crippen molar-refractivity contribution in [1.29, 1.82) is 0 Å². The first-order valence-electron chi connectivity index (χ1n) is 11.7. The first kappa shape index (κ1) is 26.8. The lowest BCUT2D eigenvalue weighted by molar-refractivity contribution is 0.102. The van der Waals surface area contributed by atoms with Gasteiger partial charge in [0, 0.05) is 45.8 Å². The zero-order chi connectivity index (χ0) is 28.4. The molecular weight excluding hydrogens is 588 g/mol. The van der Waals surface area contributed by atoms with Gasteiger partial charge >= 0.3 is 0 Å². The predicted molar refractivity (Wildman–Crippen MR) is 149 cm³/mol. The van der Waals surface area contributed by atoms with E-state index in [0.717, 1.165) is 6.07 Å². The van der Waals surface area contributed by atoms with Crippen LogP contribution in [-0.2, 0) is 0 Å². The molecule has 2 heterocycles. The molecule has 0 radical (unpaired) electrons. The maximum Gasteiger partial charge on any atom is 0.268 e. The molecule has 1 N–H and O–H groups in total. The maximum atomic E-state index is 15.1. The van der Waals surface area contributed by atoms with Crippen molar-refractivity contribution in [3.05, 3.63) is 111 Å². The third-order valence-corrected chi connectivity index (χ3v) is 6.38. The minimum atomic E-state index is -0.753. The van der Waals surface area contributed by atoms with Gasteiger partial charge in [-0.2, -0.15) is 0 Å².